The minimum Gasteiger partial charge on any atom is -0.478 e. The summed E-state index contributed by atoms with van der Waals surface area (Å²) >= 11 is 5.75. The molecule has 1 atom stereocenters. The van der Waals surface area contributed by atoms with Gasteiger partial charge >= 0.3 is 5.97 Å². The first-order valence-corrected chi connectivity index (χ1v) is 4.89. The Bertz CT molecular complexity index is 452. The van der Waals surface area contributed by atoms with Crippen LogP contribution in [0.5, 0.6) is 0 Å². The number of nitrogens with one attached hydrogen (secondary N) is 1. The van der Waals surface area contributed by atoms with Gasteiger partial charge in [-0.25, -0.2) is 9.78 Å². The number of amides is 1. The van der Waals surface area contributed by atoms with Crippen LogP contribution in [0.25, 0.3) is 0 Å². The van der Waals surface area contributed by atoms with Crippen molar-refractivity contribution in [1.29, 1.82) is 0 Å². The number of primary amides is 1. The fourth-order valence-corrected chi connectivity index (χ4v) is 1.21. The second-order valence-electron chi connectivity index (χ2n) is 3.16. The minimum atomic E-state index is -1.37. The topological polar surface area (TPSA) is 126 Å². The number of nitrogens with zero attached hydrogens (tertiary/aromatic N) is 1. The molecule has 1 aromatic heterocycles. The Morgan fingerprint density at radius 1 is 1.59 bits per heavy atom. The monoisotopic (exact) mass is 259 g/mol. The van der Waals surface area contributed by atoms with E-state index in [1.54, 1.807) is 0 Å². The van der Waals surface area contributed by atoms with Gasteiger partial charge in [-0.05, 0) is 6.07 Å². The molecule has 5 N–H and O–H groups in total. The van der Waals surface area contributed by atoms with Gasteiger partial charge in [0.2, 0.25) is 5.91 Å². The highest BCUT2D eigenvalue weighted by Gasteiger charge is 2.13. The van der Waals surface area contributed by atoms with Crippen molar-refractivity contribution < 1.29 is 19.8 Å². The quantitative estimate of drug-likeness (QED) is 0.575. The third-order valence-electron chi connectivity index (χ3n) is 1.88. The molecule has 0 saturated carbocycles. The van der Waals surface area contributed by atoms with Gasteiger partial charge in [-0.3, -0.25) is 4.79 Å². The maximum atomic E-state index is 10.6. The number of aromatic nitrogens is 1. The lowest BCUT2D eigenvalue weighted by Crippen LogP contribution is -2.34. The normalized spacial score (nSPS) is 11.9. The van der Waals surface area contributed by atoms with E-state index in [0.29, 0.717) is 0 Å². The van der Waals surface area contributed by atoms with Crippen LogP contribution < -0.4 is 11.1 Å². The zero-order chi connectivity index (χ0) is 13.0. The molecule has 0 fully saturated rings. The molecular weight excluding hydrogens is 250 g/mol. The number of carboxylic acids is 1. The second kappa shape index (κ2) is 5.46. The number of carboxylic acid groups (broad SMARTS) is 1. The molecule has 0 saturated heterocycles. The second-order valence-corrected chi connectivity index (χ2v) is 3.57. The number of hydrogen-bond donors (Lipinski definition) is 4. The third kappa shape index (κ3) is 3.58. The van der Waals surface area contributed by atoms with E-state index >= 15 is 0 Å². The van der Waals surface area contributed by atoms with Gasteiger partial charge < -0.3 is 21.3 Å². The van der Waals surface area contributed by atoms with Crippen molar-refractivity contribution in [2.75, 3.05) is 11.9 Å². The number of carbonyl (C=O) groups is 2. The van der Waals surface area contributed by atoms with Crippen LogP contribution in [-0.2, 0) is 4.79 Å². The van der Waals surface area contributed by atoms with Crippen molar-refractivity contribution in [2.45, 2.75) is 6.10 Å². The number of rotatable bonds is 5. The van der Waals surface area contributed by atoms with Gasteiger partial charge in [0.25, 0.3) is 0 Å². The Morgan fingerprint density at radius 3 is 2.71 bits per heavy atom. The molecule has 1 heterocycles. The molecule has 0 radical (unpaired) electrons. The summed E-state index contributed by atoms with van der Waals surface area (Å²) in [6, 6.07) is 1.20. The lowest BCUT2D eigenvalue weighted by Gasteiger charge is -2.10. The molecule has 0 aliphatic carbocycles. The molecule has 7 nitrogen and oxygen atoms in total. The maximum absolute atomic E-state index is 10.6. The molecule has 1 rings (SSSR count). The molecule has 92 valence electrons. The first kappa shape index (κ1) is 13.2. The van der Waals surface area contributed by atoms with Crippen molar-refractivity contribution in [3.63, 3.8) is 0 Å². The van der Waals surface area contributed by atoms with Crippen molar-refractivity contribution in [3.05, 3.63) is 22.8 Å². The molecule has 8 heteroatoms. The number of aliphatic hydroxyl groups is 1. The zero-order valence-electron chi connectivity index (χ0n) is 8.55. The standard InChI is InChI=1S/C9H10ClN3O4/c10-5-1-4(9(16)17)2-12-8(5)13-3-6(14)7(11)15/h1-2,6,14H,3H2,(H2,11,15)(H,12,13)(H,16,17). The van der Waals surface area contributed by atoms with Crippen molar-refractivity contribution in [3.8, 4) is 0 Å². The SMILES string of the molecule is NC(=O)C(O)CNc1ncc(C(=O)O)cc1Cl. The predicted octanol–water partition coefficient (Wildman–Crippen LogP) is -0.309. The van der Waals surface area contributed by atoms with Gasteiger partial charge in [-0.1, -0.05) is 11.6 Å². The molecule has 0 spiro atoms. The Kier molecular flexibility index (Phi) is 4.24. The number of anilines is 1. The van der Waals surface area contributed by atoms with Crippen LogP contribution in [0, 0.1) is 0 Å². The van der Waals surface area contributed by atoms with Crippen LogP contribution in [0.3, 0.4) is 0 Å². The Labute approximate surface area is 101 Å². The highest BCUT2D eigenvalue weighted by Crippen LogP contribution is 2.19. The average molecular weight is 260 g/mol. The van der Waals surface area contributed by atoms with Crippen LogP contribution >= 0.6 is 11.6 Å². The number of aliphatic hydroxyl groups excluding tert-OH is 1. The number of carbonyl (C=O) groups excluding carboxylic acids is 1. The van der Waals surface area contributed by atoms with E-state index in [2.05, 4.69) is 10.3 Å². The molecule has 1 amide bonds. The molecule has 17 heavy (non-hydrogen) atoms. The smallest absolute Gasteiger partial charge is 0.337 e. The summed E-state index contributed by atoms with van der Waals surface area (Å²) in [5.74, 6) is -1.86. The minimum absolute atomic E-state index is 0.0593. The predicted molar refractivity (Wildman–Crippen MR) is 59.9 cm³/mol. The highest BCUT2D eigenvalue weighted by molar-refractivity contribution is 6.33. The van der Waals surface area contributed by atoms with Crippen LogP contribution in [-0.4, -0.2) is 39.7 Å². The van der Waals surface area contributed by atoms with Crippen LogP contribution in [0.2, 0.25) is 5.02 Å². The lowest BCUT2D eigenvalue weighted by molar-refractivity contribution is -0.125. The van der Waals surface area contributed by atoms with Crippen LogP contribution in [0.15, 0.2) is 12.3 Å². The molecule has 0 aromatic carbocycles. The molecule has 1 aromatic rings. The summed E-state index contributed by atoms with van der Waals surface area (Å²) in [6.45, 7) is -0.158. The lowest BCUT2D eigenvalue weighted by atomic mass is 10.3. The van der Waals surface area contributed by atoms with Crippen molar-refractivity contribution in [2.24, 2.45) is 5.73 Å². The van der Waals surface area contributed by atoms with Crippen molar-refractivity contribution in [1.82, 2.24) is 4.98 Å². The van der Waals surface area contributed by atoms with E-state index < -0.39 is 18.0 Å². The van der Waals surface area contributed by atoms with E-state index in [4.69, 9.17) is 27.5 Å². The number of aromatic carboxylic acids is 1. The van der Waals surface area contributed by atoms with Gasteiger partial charge in [0.15, 0.2) is 0 Å². The van der Waals surface area contributed by atoms with E-state index in [0.717, 1.165) is 6.20 Å². The summed E-state index contributed by atoms with van der Waals surface area (Å²) in [7, 11) is 0. The molecule has 0 bridgehead atoms. The van der Waals surface area contributed by atoms with Gasteiger partial charge in [-0.15, -0.1) is 0 Å². The molecule has 1 unspecified atom stereocenters. The summed E-state index contributed by atoms with van der Waals surface area (Å²) in [5.41, 5.74) is 4.78. The molecule has 0 aliphatic heterocycles. The van der Waals surface area contributed by atoms with Crippen LogP contribution in [0.4, 0.5) is 5.82 Å². The number of halogens is 1. The fourth-order valence-electron chi connectivity index (χ4n) is 0.979. The van der Waals surface area contributed by atoms with E-state index in [1.165, 1.54) is 6.07 Å². The van der Waals surface area contributed by atoms with Gasteiger partial charge in [0.05, 0.1) is 17.1 Å². The first-order chi connectivity index (χ1) is 7.91. The fraction of sp³-hybridized carbons (Fsp3) is 0.222. The number of nitrogens with two attached hydrogens (primary N) is 1. The first-order valence-electron chi connectivity index (χ1n) is 4.52. The van der Waals surface area contributed by atoms with Crippen LogP contribution in [0.1, 0.15) is 10.4 Å². The van der Waals surface area contributed by atoms with Gasteiger partial charge in [-0.2, -0.15) is 0 Å². The van der Waals surface area contributed by atoms with E-state index in [9.17, 15) is 9.59 Å². The Hall–Kier alpha value is -1.86. The highest BCUT2D eigenvalue weighted by atomic mass is 35.5. The maximum Gasteiger partial charge on any atom is 0.337 e. The average Bonchev–Trinajstić information content (AvgIpc) is 2.26. The largest absolute Gasteiger partial charge is 0.478 e. The molecule has 0 aliphatic rings. The summed E-state index contributed by atoms with van der Waals surface area (Å²) in [6.07, 6.45) is -0.264. The zero-order valence-corrected chi connectivity index (χ0v) is 9.31. The Balaban J connectivity index is 2.73. The summed E-state index contributed by atoms with van der Waals surface area (Å²) < 4.78 is 0. The van der Waals surface area contributed by atoms with E-state index in [1.807, 2.05) is 0 Å². The number of hydrogen-bond acceptors (Lipinski definition) is 5. The summed E-state index contributed by atoms with van der Waals surface area (Å²) in [4.78, 5) is 24.9. The third-order valence-corrected chi connectivity index (χ3v) is 2.17. The summed E-state index contributed by atoms with van der Waals surface area (Å²) in [5, 5.41) is 20.4. The Morgan fingerprint density at radius 2 is 2.24 bits per heavy atom. The van der Waals surface area contributed by atoms with Crippen molar-refractivity contribution >= 4 is 29.3 Å². The van der Waals surface area contributed by atoms with Gasteiger partial charge in [0, 0.05) is 6.20 Å². The van der Waals surface area contributed by atoms with E-state index in [-0.39, 0.29) is 22.9 Å². The molecular formula is C9H10ClN3O4. The van der Waals surface area contributed by atoms with Gasteiger partial charge in [0.1, 0.15) is 11.9 Å². The number of pyridine rings is 1.